The maximum atomic E-state index is 12.8. The van der Waals surface area contributed by atoms with Crippen molar-refractivity contribution in [2.45, 2.75) is 262 Å². The molecule has 1 aliphatic carbocycles. The molecule has 0 heterocycles. The number of carbonyl (C=O) groups is 2. The van der Waals surface area contributed by atoms with Crippen LogP contribution in [-0.4, -0.2) is 98.3 Å². The molecule has 3 unspecified atom stereocenters. The molecular formula is C45H87O13P. The summed E-state index contributed by atoms with van der Waals surface area (Å²) in [6, 6.07) is 0. The molecule has 0 aromatic carbocycles. The molecule has 350 valence electrons. The van der Waals surface area contributed by atoms with Crippen molar-refractivity contribution in [3.8, 4) is 0 Å². The number of esters is 2. The second kappa shape index (κ2) is 36.3. The third-order valence-corrected chi connectivity index (χ3v) is 12.4. The minimum absolute atomic E-state index is 0.105. The highest BCUT2D eigenvalue weighted by atomic mass is 31.2. The predicted octanol–water partition coefficient (Wildman–Crippen LogP) is 9.28. The molecule has 1 rings (SSSR count). The van der Waals surface area contributed by atoms with Gasteiger partial charge in [-0.05, 0) is 12.8 Å². The number of rotatable bonds is 40. The first-order valence-corrected chi connectivity index (χ1v) is 25.3. The molecule has 0 radical (unpaired) electrons. The molecule has 0 amide bonds. The number of carbonyl (C=O) groups excluding carboxylic acids is 2. The summed E-state index contributed by atoms with van der Waals surface area (Å²) in [6.07, 6.45) is 22.9. The van der Waals surface area contributed by atoms with Crippen molar-refractivity contribution < 1.29 is 63.1 Å². The first-order chi connectivity index (χ1) is 28.4. The summed E-state index contributed by atoms with van der Waals surface area (Å²) in [5.74, 6) is -1.08. The Labute approximate surface area is 357 Å². The fraction of sp³-hybridized carbons (Fsp3) is 0.956. The third kappa shape index (κ3) is 29.0. The van der Waals surface area contributed by atoms with Crippen molar-refractivity contribution in [1.29, 1.82) is 0 Å². The van der Waals surface area contributed by atoms with Gasteiger partial charge in [0.15, 0.2) is 6.10 Å². The van der Waals surface area contributed by atoms with Crippen LogP contribution in [0.1, 0.15) is 219 Å². The maximum absolute atomic E-state index is 12.8. The second-order valence-corrected chi connectivity index (χ2v) is 18.4. The van der Waals surface area contributed by atoms with Gasteiger partial charge in [-0.3, -0.25) is 18.6 Å². The van der Waals surface area contributed by atoms with Gasteiger partial charge in [0.1, 0.15) is 43.2 Å². The Morgan fingerprint density at radius 2 is 0.763 bits per heavy atom. The van der Waals surface area contributed by atoms with E-state index < -0.39 is 75.7 Å². The van der Waals surface area contributed by atoms with E-state index in [9.17, 15) is 44.6 Å². The average Bonchev–Trinajstić information content (AvgIpc) is 3.21. The largest absolute Gasteiger partial charge is 0.472 e. The maximum Gasteiger partial charge on any atom is 0.472 e. The summed E-state index contributed by atoms with van der Waals surface area (Å²) >= 11 is 0. The van der Waals surface area contributed by atoms with Gasteiger partial charge in [-0.15, -0.1) is 0 Å². The Hall–Kier alpha value is -1.15. The van der Waals surface area contributed by atoms with Crippen LogP contribution in [0.5, 0.6) is 0 Å². The topological polar surface area (TPSA) is 210 Å². The van der Waals surface area contributed by atoms with Crippen LogP contribution in [0.3, 0.4) is 0 Å². The number of hydrogen-bond donors (Lipinski definition) is 6. The first-order valence-electron chi connectivity index (χ1n) is 23.8. The van der Waals surface area contributed by atoms with Crippen molar-refractivity contribution in [1.82, 2.24) is 0 Å². The summed E-state index contributed by atoms with van der Waals surface area (Å²) in [5, 5.41) is 50.1. The molecule has 13 nitrogen and oxygen atoms in total. The standard InChI is InChI=1S/C45H87O13P/c1-3-5-7-9-11-13-15-17-19-21-23-25-27-29-31-33-38(46)55-35-37(36-56-59(53,54)58-45-43(51)41(49)40(48)42(50)44(45)52)57-39(47)34-32-30-28-26-24-22-20-18-16-14-12-10-8-6-4-2/h37,40-45,48-52H,3-36H2,1-2H3,(H,53,54)/t37-,40?,41-,42+,43+,44-,45?/m1/s1. The molecule has 0 aliphatic heterocycles. The summed E-state index contributed by atoms with van der Waals surface area (Å²) < 4.78 is 33.6. The van der Waals surface area contributed by atoms with E-state index in [0.717, 1.165) is 38.5 Å². The Bertz CT molecular complexity index is 1050. The quantitative estimate of drug-likeness (QED) is 0.0193. The van der Waals surface area contributed by atoms with Crippen molar-refractivity contribution in [2.75, 3.05) is 13.2 Å². The molecule has 0 spiro atoms. The van der Waals surface area contributed by atoms with Gasteiger partial charge in [0.2, 0.25) is 0 Å². The molecule has 6 N–H and O–H groups in total. The molecule has 0 saturated heterocycles. The Kier molecular flexibility index (Phi) is 34.4. The van der Waals surface area contributed by atoms with Crippen molar-refractivity contribution >= 4 is 19.8 Å². The van der Waals surface area contributed by atoms with Gasteiger partial charge in [0, 0.05) is 12.8 Å². The SMILES string of the molecule is CCCCCCCCCCCCCCCCCC(=O)OC[C@H](COP(=O)(O)OC1[C@@H](O)[C@H](O)C(O)[C@H](O)[C@H]1O)OC(=O)CCCCCCCCCCCCCCCCC. The van der Waals surface area contributed by atoms with E-state index in [1.165, 1.54) is 141 Å². The first kappa shape index (κ1) is 55.9. The monoisotopic (exact) mass is 867 g/mol. The average molecular weight is 867 g/mol. The van der Waals surface area contributed by atoms with Crippen LogP contribution < -0.4 is 0 Å². The van der Waals surface area contributed by atoms with E-state index in [0.29, 0.717) is 12.8 Å². The normalized spacial score (nSPS) is 22.2. The molecule has 1 aliphatic rings. The van der Waals surface area contributed by atoms with E-state index in [2.05, 4.69) is 13.8 Å². The minimum Gasteiger partial charge on any atom is -0.462 e. The van der Waals surface area contributed by atoms with Gasteiger partial charge in [-0.25, -0.2) is 4.57 Å². The van der Waals surface area contributed by atoms with Crippen LogP contribution in [-0.2, 0) is 32.7 Å². The van der Waals surface area contributed by atoms with Crippen molar-refractivity contribution in [3.05, 3.63) is 0 Å². The highest BCUT2D eigenvalue weighted by molar-refractivity contribution is 7.47. The fourth-order valence-corrected chi connectivity index (χ4v) is 8.56. The Morgan fingerprint density at radius 1 is 0.458 bits per heavy atom. The van der Waals surface area contributed by atoms with E-state index >= 15 is 0 Å². The smallest absolute Gasteiger partial charge is 0.462 e. The zero-order valence-corrected chi connectivity index (χ0v) is 38.0. The van der Waals surface area contributed by atoms with E-state index in [-0.39, 0.29) is 12.8 Å². The Morgan fingerprint density at radius 3 is 1.12 bits per heavy atom. The third-order valence-electron chi connectivity index (χ3n) is 11.4. The fourth-order valence-electron chi connectivity index (χ4n) is 7.58. The number of hydrogen-bond acceptors (Lipinski definition) is 12. The number of ether oxygens (including phenoxy) is 2. The van der Waals surface area contributed by atoms with Crippen LogP contribution in [0.2, 0.25) is 0 Å². The van der Waals surface area contributed by atoms with Crippen molar-refractivity contribution in [2.24, 2.45) is 0 Å². The van der Waals surface area contributed by atoms with Gasteiger partial charge in [-0.2, -0.15) is 0 Å². The summed E-state index contributed by atoms with van der Waals surface area (Å²) in [7, 11) is -5.11. The molecule has 14 heteroatoms. The molecule has 59 heavy (non-hydrogen) atoms. The highest BCUT2D eigenvalue weighted by Gasteiger charge is 2.51. The van der Waals surface area contributed by atoms with Gasteiger partial charge in [-0.1, -0.05) is 194 Å². The predicted molar refractivity (Wildman–Crippen MR) is 231 cm³/mol. The molecule has 1 fully saturated rings. The highest BCUT2D eigenvalue weighted by Crippen LogP contribution is 2.47. The zero-order valence-electron chi connectivity index (χ0n) is 37.1. The lowest BCUT2D eigenvalue weighted by atomic mass is 9.85. The van der Waals surface area contributed by atoms with Crippen LogP contribution in [0, 0.1) is 0 Å². The molecule has 8 atom stereocenters. The molecule has 0 aromatic heterocycles. The minimum atomic E-state index is -5.11. The van der Waals surface area contributed by atoms with Gasteiger partial charge < -0.3 is 39.9 Å². The molecule has 0 aromatic rings. The van der Waals surface area contributed by atoms with Crippen LogP contribution in [0.25, 0.3) is 0 Å². The lowest BCUT2D eigenvalue weighted by Gasteiger charge is -2.41. The lowest BCUT2D eigenvalue weighted by molar-refractivity contribution is -0.220. The van der Waals surface area contributed by atoms with Gasteiger partial charge in [0.25, 0.3) is 0 Å². The number of aliphatic hydroxyl groups excluding tert-OH is 5. The van der Waals surface area contributed by atoms with E-state index in [4.69, 9.17) is 18.5 Å². The molecule has 0 bridgehead atoms. The number of unbranched alkanes of at least 4 members (excludes halogenated alkanes) is 28. The van der Waals surface area contributed by atoms with E-state index in [1.807, 2.05) is 0 Å². The summed E-state index contributed by atoms with van der Waals surface area (Å²) in [4.78, 5) is 35.7. The molecule has 1 saturated carbocycles. The van der Waals surface area contributed by atoms with Gasteiger partial charge in [0.05, 0.1) is 6.61 Å². The van der Waals surface area contributed by atoms with Crippen LogP contribution in [0.4, 0.5) is 0 Å². The van der Waals surface area contributed by atoms with Crippen molar-refractivity contribution in [3.63, 3.8) is 0 Å². The van der Waals surface area contributed by atoms with Gasteiger partial charge >= 0.3 is 19.8 Å². The number of phosphoric acid groups is 1. The summed E-state index contributed by atoms with van der Waals surface area (Å²) in [5.41, 5.74) is 0. The number of aliphatic hydroxyl groups is 5. The van der Waals surface area contributed by atoms with Crippen LogP contribution in [0.15, 0.2) is 0 Å². The molecular weight excluding hydrogens is 779 g/mol. The summed E-state index contributed by atoms with van der Waals surface area (Å²) in [6.45, 7) is 3.33. The number of phosphoric ester groups is 1. The van der Waals surface area contributed by atoms with Crippen LogP contribution >= 0.6 is 7.82 Å². The zero-order chi connectivity index (χ0) is 43.6. The second-order valence-electron chi connectivity index (χ2n) is 17.0. The lowest BCUT2D eigenvalue weighted by Crippen LogP contribution is -2.64. The van der Waals surface area contributed by atoms with E-state index in [1.54, 1.807) is 0 Å². The Balaban J connectivity index is 2.43.